The molecule has 0 fully saturated rings. The Morgan fingerprint density at radius 2 is 1.91 bits per heavy atom. The molecule has 0 spiro atoms. The van der Waals surface area contributed by atoms with Crippen LogP contribution in [0.5, 0.6) is 5.75 Å². The summed E-state index contributed by atoms with van der Waals surface area (Å²) >= 11 is 0. The Bertz CT molecular complexity index is 828. The highest BCUT2D eigenvalue weighted by molar-refractivity contribution is 5.84. The maximum absolute atomic E-state index is 13.2. The van der Waals surface area contributed by atoms with Gasteiger partial charge in [0, 0.05) is 5.56 Å². The minimum Gasteiger partial charge on any atom is -0.492 e. The van der Waals surface area contributed by atoms with Gasteiger partial charge in [0.1, 0.15) is 22.9 Å². The number of halogens is 1. The summed E-state index contributed by atoms with van der Waals surface area (Å²) in [6, 6.07) is 13.2. The Labute approximate surface area is 132 Å². The molecule has 3 rings (SSSR count). The van der Waals surface area contributed by atoms with Gasteiger partial charge >= 0.3 is 0 Å². The Morgan fingerprint density at radius 3 is 2.61 bits per heavy atom. The quantitative estimate of drug-likeness (QED) is 0.679. The molecule has 0 saturated heterocycles. The Balaban J connectivity index is 2.20. The lowest BCUT2D eigenvalue weighted by Gasteiger charge is -2.12. The molecule has 0 radical (unpaired) electrons. The summed E-state index contributed by atoms with van der Waals surface area (Å²) in [5, 5.41) is 7.97. The molecule has 1 heterocycles. The van der Waals surface area contributed by atoms with Gasteiger partial charge in [0.2, 0.25) is 0 Å². The molecule has 1 aromatic heterocycles. The number of aromatic nitrogens is 3. The van der Waals surface area contributed by atoms with Crippen molar-refractivity contribution in [2.75, 3.05) is 6.61 Å². The third-order valence-corrected chi connectivity index (χ3v) is 3.32. The van der Waals surface area contributed by atoms with Gasteiger partial charge in [-0.2, -0.15) is 0 Å². The molecule has 0 bridgehead atoms. The van der Waals surface area contributed by atoms with Crippen molar-refractivity contribution in [3.8, 4) is 22.7 Å². The number of nitrogens with zero attached hydrogens (tertiary/aromatic N) is 3. The first-order chi connectivity index (χ1) is 11.2. The van der Waals surface area contributed by atoms with Gasteiger partial charge in [0.25, 0.3) is 0 Å². The molecule has 0 aliphatic heterocycles. The SMILES string of the molecule is CCOc1ccccc1-n1nnc(C=O)c1-c1ccc(F)cc1. The summed E-state index contributed by atoms with van der Waals surface area (Å²) in [5.74, 6) is 0.274. The summed E-state index contributed by atoms with van der Waals surface area (Å²) in [6.07, 6.45) is 0.630. The van der Waals surface area contributed by atoms with Gasteiger partial charge in [-0.25, -0.2) is 9.07 Å². The van der Waals surface area contributed by atoms with Crippen molar-refractivity contribution < 1.29 is 13.9 Å². The molecule has 0 aliphatic carbocycles. The molecule has 0 aliphatic rings. The van der Waals surface area contributed by atoms with E-state index in [1.165, 1.54) is 16.8 Å². The molecule has 3 aromatic rings. The molecular weight excluding hydrogens is 297 g/mol. The third-order valence-electron chi connectivity index (χ3n) is 3.32. The van der Waals surface area contributed by atoms with Crippen LogP contribution in [-0.4, -0.2) is 27.9 Å². The van der Waals surface area contributed by atoms with Crippen molar-refractivity contribution in [2.24, 2.45) is 0 Å². The van der Waals surface area contributed by atoms with E-state index in [4.69, 9.17) is 4.74 Å². The highest BCUT2D eigenvalue weighted by atomic mass is 19.1. The Hall–Kier alpha value is -3.02. The van der Waals surface area contributed by atoms with Crippen molar-refractivity contribution >= 4 is 6.29 Å². The maximum Gasteiger partial charge on any atom is 0.172 e. The molecule has 0 N–H and O–H groups in total. The zero-order valence-electron chi connectivity index (χ0n) is 12.4. The first kappa shape index (κ1) is 14.9. The summed E-state index contributed by atoms with van der Waals surface area (Å²) in [6.45, 7) is 2.38. The predicted octanol–water partition coefficient (Wildman–Crippen LogP) is 3.28. The fourth-order valence-corrected chi connectivity index (χ4v) is 2.33. The zero-order valence-corrected chi connectivity index (χ0v) is 12.4. The molecule has 5 nitrogen and oxygen atoms in total. The molecule has 2 aromatic carbocycles. The maximum atomic E-state index is 13.2. The molecule has 6 heteroatoms. The van der Waals surface area contributed by atoms with Crippen LogP contribution in [0, 0.1) is 5.82 Å². The fraction of sp³-hybridized carbons (Fsp3) is 0.118. The summed E-state index contributed by atoms with van der Waals surface area (Å²) in [7, 11) is 0. The summed E-state index contributed by atoms with van der Waals surface area (Å²) in [5.41, 5.74) is 1.98. The monoisotopic (exact) mass is 311 g/mol. The Morgan fingerprint density at radius 1 is 1.17 bits per heavy atom. The van der Waals surface area contributed by atoms with Gasteiger partial charge in [0.05, 0.1) is 6.61 Å². The molecule has 23 heavy (non-hydrogen) atoms. The van der Waals surface area contributed by atoms with Crippen LogP contribution in [0.25, 0.3) is 16.9 Å². The van der Waals surface area contributed by atoms with E-state index in [2.05, 4.69) is 10.3 Å². The fourth-order valence-electron chi connectivity index (χ4n) is 2.33. The molecule has 0 amide bonds. The van der Waals surface area contributed by atoms with E-state index in [9.17, 15) is 9.18 Å². The minimum absolute atomic E-state index is 0.183. The molecule has 0 atom stereocenters. The van der Waals surface area contributed by atoms with Crippen molar-refractivity contribution in [1.82, 2.24) is 15.0 Å². The van der Waals surface area contributed by atoms with Gasteiger partial charge in [-0.3, -0.25) is 4.79 Å². The van der Waals surface area contributed by atoms with Gasteiger partial charge in [-0.15, -0.1) is 5.10 Å². The van der Waals surface area contributed by atoms with Gasteiger partial charge < -0.3 is 4.74 Å². The van der Waals surface area contributed by atoms with E-state index in [0.29, 0.717) is 35.6 Å². The molecule has 116 valence electrons. The topological polar surface area (TPSA) is 57.0 Å². The largest absolute Gasteiger partial charge is 0.492 e. The van der Waals surface area contributed by atoms with E-state index < -0.39 is 0 Å². The van der Waals surface area contributed by atoms with E-state index in [1.807, 2.05) is 31.2 Å². The van der Waals surface area contributed by atoms with Crippen LogP contribution in [-0.2, 0) is 0 Å². The highest BCUT2D eigenvalue weighted by Gasteiger charge is 2.18. The van der Waals surface area contributed by atoms with Crippen LogP contribution in [0.4, 0.5) is 4.39 Å². The molecule has 0 saturated carbocycles. The lowest BCUT2D eigenvalue weighted by molar-refractivity contribution is 0.111. The molecule has 0 unspecified atom stereocenters. The van der Waals surface area contributed by atoms with Crippen molar-refractivity contribution in [3.05, 3.63) is 60.0 Å². The Kier molecular flexibility index (Phi) is 4.14. The number of carbonyl (C=O) groups excluding carboxylic acids is 1. The normalized spacial score (nSPS) is 10.5. The van der Waals surface area contributed by atoms with Crippen LogP contribution >= 0.6 is 0 Å². The lowest BCUT2D eigenvalue weighted by Crippen LogP contribution is -2.04. The summed E-state index contributed by atoms with van der Waals surface area (Å²) < 4.78 is 20.3. The van der Waals surface area contributed by atoms with Gasteiger partial charge in [0.15, 0.2) is 12.0 Å². The zero-order chi connectivity index (χ0) is 16.2. The average molecular weight is 311 g/mol. The van der Waals surface area contributed by atoms with Crippen LogP contribution < -0.4 is 4.74 Å². The van der Waals surface area contributed by atoms with Crippen molar-refractivity contribution in [2.45, 2.75) is 6.92 Å². The van der Waals surface area contributed by atoms with Crippen LogP contribution in [0.15, 0.2) is 48.5 Å². The third kappa shape index (κ3) is 2.83. The van der Waals surface area contributed by atoms with E-state index in [1.54, 1.807) is 12.1 Å². The number of hydrogen-bond donors (Lipinski definition) is 0. The smallest absolute Gasteiger partial charge is 0.172 e. The number of aldehydes is 1. The standard InChI is InChI=1S/C17H14FN3O2/c1-2-23-16-6-4-3-5-15(16)21-17(14(11-22)19-20-21)12-7-9-13(18)10-8-12/h3-11H,2H2,1H3. The second-order valence-corrected chi connectivity index (χ2v) is 4.76. The number of carbonyl (C=O) groups is 1. The minimum atomic E-state index is -0.352. The highest BCUT2D eigenvalue weighted by Crippen LogP contribution is 2.29. The van der Waals surface area contributed by atoms with Crippen molar-refractivity contribution in [1.29, 1.82) is 0 Å². The first-order valence-electron chi connectivity index (χ1n) is 7.13. The van der Waals surface area contributed by atoms with E-state index in [-0.39, 0.29) is 11.5 Å². The van der Waals surface area contributed by atoms with Crippen LogP contribution in [0.1, 0.15) is 17.4 Å². The number of rotatable bonds is 5. The lowest BCUT2D eigenvalue weighted by atomic mass is 10.1. The van der Waals surface area contributed by atoms with E-state index in [0.717, 1.165) is 0 Å². The second-order valence-electron chi connectivity index (χ2n) is 4.76. The van der Waals surface area contributed by atoms with Crippen LogP contribution in [0.3, 0.4) is 0 Å². The second kappa shape index (κ2) is 6.39. The summed E-state index contributed by atoms with van der Waals surface area (Å²) in [4.78, 5) is 11.3. The van der Waals surface area contributed by atoms with E-state index >= 15 is 0 Å². The number of benzene rings is 2. The molecular formula is C17H14FN3O2. The average Bonchev–Trinajstić information content (AvgIpc) is 3.00. The van der Waals surface area contributed by atoms with Gasteiger partial charge in [-0.05, 0) is 43.3 Å². The van der Waals surface area contributed by atoms with Gasteiger partial charge in [-0.1, -0.05) is 17.3 Å². The number of hydrogen-bond acceptors (Lipinski definition) is 4. The number of para-hydroxylation sites is 2. The predicted molar refractivity (Wildman–Crippen MR) is 83.3 cm³/mol. The van der Waals surface area contributed by atoms with Crippen molar-refractivity contribution in [3.63, 3.8) is 0 Å². The van der Waals surface area contributed by atoms with Crippen LogP contribution in [0.2, 0.25) is 0 Å². The first-order valence-corrected chi connectivity index (χ1v) is 7.13. The number of ether oxygens (including phenoxy) is 1.